The maximum absolute atomic E-state index is 13.4. The van der Waals surface area contributed by atoms with E-state index in [1.807, 2.05) is 6.92 Å². The zero-order chi connectivity index (χ0) is 15.7. The maximum atomic E-state index is 13.4. The molecule has 3 rings (SSSR count). The average Bonchev–Trinajstić information content (AvgIpc) is 2.83. The first kappa shape index (κ1) is 14.4. The van der Waals surface area contributed by atoms with Crippen molar-refractivity contribution in [3.63, 3.8) is 0 Å². The molecule has 114 valence electrons. The fourth-order valence-corrected chi connectivity index (χ4v) is 2.28. The lowest BCUT2D eigenvalue weighted by atomic mass is 10.3. The van der Waals surface area contributed by atoms with Crippen LogP contribution in [0.3, 0.4) is 0 Å². The van der Waals surface area contributed by atoms with E-state index in [9.17, 15) is 9.50 Å². The van der Waals surface area contributed by atoms with E-state index >= 15 is 0 Å². The number of fused-ring (bicyclic) bond motifs is 1. The average molecular weight is 301 g/mol. The van der Waals surface area contributed by atoms with Crippen molar-refractivity contribution in [1.29, 1.82) is 0 Å². The summed E-state index contributed by atoms with van der Waals surface area (Å²) in [7, 11) is 0. The molecule has 0 amide bonds. The molecule has 6 nitrogen and oxygen atoms in total. The van der Waals surface area contributed by atoms with Crippen molar-refractivity contribution in [2.75, 3.05) is 11.9 Å². The fraction of sp³-hybridized carbons (Fsp3) is 0.267. The first-order chi connectivity index (χ1) is 10.6. The summed E-state index contributed by atoms with van der Waals surface area (Å²) in [6.45, 7) is 3.90. The fourth-order valence-electron chi connectivity index (χ4n) is 2.28. The monoisotopic (exact) mass is 301 g/mol. The van der Waals surface area contributed by atoms with Gasteiger partial charge in [0.05, 0.1) is 22.9 Å². The minimum Gasteiger partial charge on any atom is -0.392 e. The summed E-state index contributed by atoms with van der Waals surface area (Å²) >= 11 is 0. The van der Waals surface area contributed by atoms with Crippen LogP contribution in [0.4, 0.5) is 10.2 Å². The number of hydrogen-bond donors (Lipinski definition) is 2. The van der Waals surface area contributed by atoms with Crippen molar-refractivity contribution in [1.82, 2.24) is 19.7 Å². The first-order valence-corrected chi connectivity index (χ1v) is 6.94. The Hall–Kier alpha value is -2.54. The number of hydrogen-bond acceptors (Lipinski definition) is 5. The Labute approximate surface area is 126 Å². The van der Waals surface area contributed by atoms with E-state index in [4.69, 9.17) is 0 Å². The molecule has 0 aliphatic rings. The van der Waals surface area contributed by atoms with Gasteiger partial charge in [-0.25, -0.2) is 19.0 Å². The third kappa shape index (κ3) is 2.62. The van der Waals surface area contributed by atoms with Gasteiger partial charge in [0.2, 0.25) is 0 Å². The smallest absolute Gasteiger partial charge is 0.168 e. The third-order valence-corrected chi connectivity index (χ3v) is 3.26. The Bertz CT molecular complexity index is 815. The number of nitrogens with zero attached hydrogens (tertiary/aromatic N) is 4. The molecule has 0 aliphatic heterocycles. The maximum Gasteiger partial charge on any atom is 0.168 e. The highest BCUT2D eigenvalue weighted by molar-refractivity contribution is 5.90. The molecule has 0 fully saturated rings. The van der Waals surface area contributed by atoms with Gasteiger partial charge < -0.3 is 10.4 Å². The van der Waals surface area contributed by atoms with Crippen molar-refractivity contribution < 1.29 is 9.50 Å². The number of halogens is 1. The molecule has 2 N–H and O–H groups in total. The van der Waals surface area contributed by atoms with Crippen LogP contribution in [0.25, 0.3) is 16.7 Å². The summed E-state index contributed by atoms with van der Waals surface area (Å²) in [5, 5.41) is 17.7. The van der Waals surface area contributed by atoms with Crippen molar-refractivity contribution in [3.8, 4) is 5.69 Å². The highest BCUT2D eigenvalue weighted by Gasteiger charge is 2.15. The van der Waals surface area contributed by atoms with Crippen molar-refractivity contribution >= 4 is 16.9 Å². The van der Waals surface area contributed by atoms with Crippen LogP contribution in [0.15, 0.2) is 30.6 Å². The minimum absolute atomic E-state index is 0.333. The molecule has 7 heteroatoms. The van der Waals surface area contributed by atoms with Gasteiger partial charge in [0.1, 0.15) is 18.0 Å². The predicted octanol–water partition coefficient (Wildman–Crippen LogP) is 2.06. The number of aliphatic hydroxyl groups is 1. The molecule has 0 radical (unpaired) electrons. The van der Waals surface area contributed by atoms with Gasteiger partial charge in [0.25, 0.3) is 0 Å². The van der Waals surface area contributed by atoms with E-state index in [0.29, 0.717) is 23.7 Å². The lowest BCUT2D eigenvalue weighted by Gasteiger charge is -2.08. The second kappa shape index (κ2) is 5.69. The van der Waals surface area contributed by atoms with Crippen LogP contribution in [-0.2, 0) is 0 Å². The van der Waals surface area contributed by atoms with Gasteiger partial charge in [-0.2, -0.15) is 5.10 Å². The van der Waals surface area contributed by atoms with Crippen LogP contribution >= 0.6 is 0 Å². The molecular weight excluding hydrogens is 285 g/mol. The van der Waals surface area contributed by atoms with E-state index < -0.39 is 6.10 Å². The Morgan fingerprint density at radius 2 is 2.18 bits per heavy atom. The van der Waals surface area contributed by atoms with Crippen LogP contribution in [0.5, 0.6) is 0 Å². The number of aliphatic hydroxyl groups excluding tert-OH is 1. The Morgan fingerprint density at radius 1 is 1.36 bits per heavy atom. The molecule has 0 saturated heterocycles. The number of anilines is 1. The zero-order valence-electron chi connectivity index (χ0n) is 12.3. The number of aryl methyl sites for hydroxylation is 1. The quantitative estimate of drug-likeness (QED) is 0.771. The highest BCUT2D eigenvalue weighted by Crippen LogP contribution is 2.25. The molecule has 3 aromatic rings. The summed E-state index contributed by atoms with van der Waals surface area (Å²) < 4.78 is 15.0. The summed E-state index contributed by atoms with van der Waals surface area (Å²) in [5.74, 6) is 0.270. The summed E-state index contributed by atoms with van der Waals surface area (Å²) in [5.41, 5.74) is 1.91. The third-order valence-electron chi connectivity index (χ3n) is 3.26. The van der Waals surface area contributed by atoms with Crippen molar-refractivity contribution in [3.05, 3.63) is 42.1 Å². The van der Waals surface area contributed by atoms with Gasteiger partial charge in [-0.3, -0.25) is 0 Å². The number of nitrogens with one attached hydrogen (secondary N) is 1. The Morgan fingerprint density at radius 3 is 2.91 bits per heavy atom. The van der Waals surface area contributed by atoms with E-state index in [2.05, 4.69) is 20.4 Å². The summed E-state index contributed by atoms with van der Waals surface area (Å²) in [6.07, 6.45) is 0.924. The van der Waals surface area contributed by atoms with Crippen LogP contribution in [0.1, 0.15) is 12.6 Å². The van der Waals surface area contributed by atoms with Crippen LogP contribution < -0.4 is 5.32 Å². The molecule has 0 aliphatic carbocycles. The van der Waals surface area contributed by atoms with Gasteiger partial charge in [0.15, 0.2) is 5.65 Å². The molecular formula is C15H16FN5O. The molecule has 0 bridgehead atoms. The molecule has 2 heterocycles. The predicted molar refractivity (Wildman–Crippen MR) is 81.5 cm³/mol. The number of rotatable bonds is 4. The van der Waals surface area contributed by atoms with Crippen LogP contribution in [-0.4, -0.2) is 37.5 Å². The highest BCUT2D eigenvalue weighted by atomic mass is 19.1. The Balaban J connectivity index is 2.13. The van der Waals surface area contributed by atoms with E-state index in [1.54, 1.807) is 23.7 Å². The summed E-state index contributed by atoms with van der Waals surface area (Å²) in [6, 6.07) is 6.17. The van der Waals surface area contributed by atoms with Gasteiger partial charge in [0, 0.05) is 6.54 Å². The molecule has 2 aromatic heterocycles. The molecule has 0 spiro atoms. The number of benzene rings is 1. The first-order valence-electron chi connectivity index (χ1n) is 6.94. The normalized spacial score (nSPS) is 12.5. The minimum atomic E-state index is -0.497. The van der Waals surface area contributed by atoms with Gasteiger partial charge in [-0.15, -0.1) is 0 Å². The number of aromatic nitrogens is 4. The van der Waals surface area contributed by atoms with E-state index in [0.717, 1.165) is 11.1 Å². The molecule has 0 saturated carbocycles. The van der Waals surface area contributed by atoms with Gasteiger partial charge >= 0.3 is 0 Å². The molecule has 22 heavy (non-hydrogen) atoms. The lowest BCUT2D eigenvalue weighted by Crippen LogP contribution is -2.16. The van der Waals surface area contributed by atoms with Gasteiger partial charge in [-0.1, -0.05) is 6.07 Å². The zero-order valence-corrected chi connectivity index (χ0v) is 12.3. The lowest BCUT2D eigenvalue weighted by molar-refractivity contribution is 0.208. The van der Waals surface area contributed by atoms with Crippen LogP contribution in [0, 0.1) is 12.7 Å². The van der Waals surface area contributed by atoms with E-state index in [1.165, 1.54) is 18.5 Å². The van der Waals surface area contributed by atoms with Crippen molar-refractivity contribution in [2.24, 2.45) is 0 Å². The Kier molecular flexibility index (Phi) is 3.72. The molecule has 1 unspecified atom stereocenters. The summed E-state index contributed by atoms with van der Waals surface area (Å²) in [4.78, 5) is 8.46. The SMILES string of the molecule is Cc1nn(-c2cccc(F)c2)c2ncnc(NCC(C)O)c12. The second-order valence-corrected chi connectivity index (χ2v) is 5.13. The van der Waals surface area contributed by atoms with Crippen LogP contribution in [0.2, 0.25) is 0 Å². The molecule has 1 aromatic carbocycles. The topological polar surface area (TPSA) is 75.9 Å². The molecule has 1 atom stereocenters. The largest absolute Gasteiger partial charge is 0.392 e. The van der Waals surface area contributed by atoms with Crippen molar-refractivity contribution in [2.45, 2.75) is 20.0 Å². The van der Waals surface area contributed by atoms with E-state index in [-0.39, 0.29) is 5.82 Å². The standard InChI is InChI=1S/C15H16FN5O/c1-9(22)7-17-14-13-10(2)20-21(15(13)19-8-18-14)12-5-3-4-11(16)6-12/h3-6,8-9,22H,7H2,1-2H3,(H,17,18,19). The van der Waals surface area contributed by atoms with Gasteiger partial charge in [-0.05, 0) is 32.0 Å². The second-order valence-electron chi connectivity index (χ2n) is 5.13.